The number of nitrogens with zero attached hydrogens (tertiary/aromatic N) is 5. The quantitative estimate of drug-likeness (QED) is 0.847. The van der Waals surface area contributed by atoms with Gasteiger partial charge in [-0.3, -0.25) is 4.79 Å². The highest BCUT2D eigenvalue weighted by atomic mass is 16.2. The number of piperidine rings is 1. The largest absolute Gasteiger partial charge is 0.353 e. The number of piperazine rings is 1. The number of aromatic nitrogens is 2. The predicted molar refractivity (Wildman–Crippen MR) is 87.2 cm³/mol. The van der Waals surface area contributed by atoms with Crippen LogP contribution in [0, 0.1) is 0 Å². The Balaban J connectivity index is 1.64. The lowest BCUT2D eigenvalue weighted by Gasteiger charge is -2.35. The number of hydrogen-bond acceptors (Lipinski definition) is 5. The minimum absolute atomic E-state index is 0.247. The first-order chi connectivity index (χ1) is 10.8. The standard InChI is InChI=1S/C16H25N5O/c1-2-15(22)20-12-10-19(11-13-20)14-6-7-17-16(18-14)21-8-4-3-5-9-21/h6-7H,2-5,8-13H2,1H3. The van der Waals surface area contributed by atoms with Crippen molar-refractivity contribution in [2.45, 2.75) is 32.6 Å². The van der Waals surface area contributed by atoms with Crippen LogP contribution in [0.25, 0.3) is 0 Å². The van der Waals surface area contributed by atoms with Crippen molar-refractivity contribution in [3.8, 4) is 0 Å². The smallest absolute Gasteiger partial charge is 0.227 e. The predicted octanol–water partition coefficient (Wildman–Crippen LogP) is 1.53. The van der Waals surface area contributed by atoms with Gasteiger partial charge < -0.3 is 14.7 Å². The van der Waals surface area contributed by atoms with Crippen molar-refractivity contribution in [3.05, 3.63) is 12.3 Å². The molecule has 1 aromatic heterocycles. The fourth-order valence-corrected chi connectivity index (χ4v) is 3.17. The minimum Gasteiger partial charge on any atom is -0.353 e. The Morgan fingerprint density at radius 3 is 2.45 bits per heavy atom. The van der Waals surface area contributed by atoms with E-state index in [1.807, 2.05) is 24.1 Å². The molecular formula is C16H25N5O. The van der Waals surface area contributed by atoms with Crippen molar-refractivity contribution >= 4 is 17.7 Å². The van der Waals surface area contributed by atoms with E-state index in [1.54, 1.807) is 0 Å². The Morgan fingerprint density at radius 2 is 1.77 bits per heavy atom. The number of amides is 1. The van der Waals surface area contributed by atoms with Crippen LogP contribution in [0.2, 0.25) is 0 Å². The Morgan fingerprint density at radius 1 is 1.05 bits per heavy atom. The zero-order chi connectivity index (χ0) is 15.4. The summed E-state index contributed by atoms with van der Waals surface area (Å²) in [6, 6.07) is 1.98. The number of anilines is 2. The molecule has 0 atom stereocenters. The van der Waals surface area contributed by atoms with Crippen molar-refractivity contribution < 1.29 is 4.79 Å². The molecule has 2 aliphatic heterocycles. The second-order valence-corrected chi connectivity index (χ2v) is 5.98. The van der Waals surface area contributed by atoms with Gasteiger partial charge in [0, 0.05) is 51.9 Å². The van der Waals surface area contributed by atoms with Crippen LogP contribution in [0.1, 0.15) is 32.6 Å². The molecule has 22 heavy (non-hydrogen) atoms. The molecule has 0 unspecified atom stereocenters. The lowest BCUT2D eigenvalue weighted by atomic mass is 10.1. The van der Waals surface area contributed by atoms with Crippen molar-refractivity contribution in [3.63, 3.8) is 0 Å². The maximum absolute atomic E-state index is 11.7. The Labute approximate surface area is 132 Å². The molecule has 6 heteroatoms. The van der Waals surface area contributed by atoms with Gasteiger partial charge in [0.15, 0.2) is 0 Å². The molecule has 1 amide bonds. The summed E-state index contributed by atoms with van der Waals surface area (Å²) in [7, 11) is 0. The first kappa shape index (κ1) is 15.1. The summed E-state index contributed by atoms with van der Waals surface area (Å²) in [6.07, 6.45) is 6.21. The van der Waals surface area contributed by atoms with Crippen LogP contribution in [-0.4, -0.2) is 60.0 Å². The maximum Gasteiger partial charge on any atom is 0.227 e. The van der Waals surface area contributed by atoms with E-state index in [2.05, 4.69) is 14.8 Å². The van der Waals surface area contributed by atoms with Crippen molar-refractivity contribution in [2.75, 3.05) is 49.1 Å². The first-order valence-corrected chi connectivity index (χ1v) is 8.38. The van der Waals surface area contributed by atoms with Crippen LogP contribution in [0.4, 0.5) is 11.8 Å². The van der Waals surface area contributed by atoms with Gasteiger partial charge in [0.1, 0.15) is 5.82 Å². The van der Waals surface area contributed by atoms with Gasteiger partial charge in [0.2, 0.25) is 11.9 Å². The van der Waals surface area contributed by atoms with Gasteiger partial charge in [0.05, 0.1) is 0 Å². The molecule has 2 aliphatic rings. The van der Waals surface area contributed by atoms with E-state index < -0.39 is 0 Å². The Hall–Kier alpha value is -1.85. The van der Waals surface area contributed by atoms with Crippen LogP contribution in [0.15, 0.2) is 12.3 Å². The average molecular weight is 303 g/mol. The molecule has 2 saturated heterocycles. The molecule has 0 bridgehead atoms. The molecule has 6 nitrogen and oxygen atoms in total. The summed E-state index contributed by atoms with van der Waals surface area (Å²) in [5.41, 5.74) is 0. The number of hydrogen-bond donors (Lipinski definition) is 0. The number of carbonyl (C=O) groups excluding carboxylic acids is 1. The summed E-state index contributed by atoms with van der Waals surface area (Å²) in [5.74, 6) is 2.08. The molecule has 3 heterocycles. The molecular weight excluding hydrogens is 278 g/mol. The van der Waals surface area contributed by atoms with E-state index in [4.69, 9.17) is 4.98 Å². The SMILES string of the molecule is CCC(=O)N1CCN(c2ccnc(N3CCCCC3)n2)CC1. The van der Waals surface area contributed by atoms with E-state index >= 15 is 0 Å². The number of rotatable bonds is 3. The normalized spacial score (nSPS) is 19.4. The van der Waals surface area contributed by atoms with Gasteiger partial charge in [-0.15, -0.1) is 0 Å². The van der Waals surface area contributed by atoms with E-state index in [-0.39, 0.29) is 5.91 Å². The second kappa shape index (κ2) is 6.94. The van der Waals surface area contributed by atoms with Crippen LogP contribution in [-0.2, 0) is 4.79 Å². The second-order valence-electron chi connectivity index (χ2n) is 5.98. The summed E-state index contributed by atoms with van der Waals surface area (Å²) < 4.78 is 0. The fourth-order valence-electron chi connectivity index (χ4n) is 3.17. The summed E-state index contributed by atoms with van der Waals surface area (Å²) in [6.45, 7) is 7.31. The number of carbonyl (C=O) groups is 1. The monoisotopic (exact) mass is 303 g/mol. The molecule has 0 radical (unpaired) electrons. The molecule has 2 fully saturated rings. The first-order valence-electron chi connectivity index (χ1n) is 8.38. The van der Waals surface area contributed by atoms with Gasteiger partial charge in [0.25, 0.3) is 0 Å². The molecule has 0 spiro atoms. The van der Waals surface area contributed by atoms with Gasteiger partial charge in [-0.25, -0.2) is 4.98 Å². The van der Waals surface area contributed by atoms with Crippen LogP contribution in [0.5, 0.6) is 0 Å². The van der Waals surface area contributed by atoms with E-state index in [0.29, 0.717) is 6.42 Å². The lowest BCUT2D eigenvalue weighted by Crippen LogP contribution is -2.49. The van der Waals surface area contributed by atoms with Gasteiger partial charge >= 0.3 is 0 Å². The minimum atomic E-state index is 0.247. The highest BCUT2D eigenvalue weighted by Gasteiger charge is 2.22. The van der Waals surface area contributed by atoms with Crippen molar-refractivity contribution in [1.29, 1.82) is 0 Å². The lowest BCUT2D eigenvalue weighted by molar-refractivity contribution is -0.131. The van der Waals surface area contributed by atoms with E-state index in [1.165, 1.54) is 19.3 Å². The van der Waals surface area contributed by atoms with Crippen LogP contribution >= 0.6 is 0 Å². The molecule has 120 valence electrons. The molecule has 0 saturated carbocycles. The Bertz CT molecular complexity index is 507. The van der Waals surface area contributed by atoms with Crippen LogP contribution < -0.4 is 9.80 Å². The maximum atomic E-state index is 11.7. The van der Waals surface area contributed by atoms with Crippen molar-refractivity contribution in [2.24, 2.45) is 0 Å². The fraction of sp³-hybridized carbons (Fsp3) is 0.688. The molecule has 3 rings (SSSR count). The zero-order valence-electron chi connectivity index (χ0n) is 13.4. The average Bonchev–Trinajstić information content (AvgIpc) is 2.62. The van der Waals surface area contributed by atoms with E-state index in [0.717, 1.165) is 51.0 Å². The molecule has 0 N–H and O–H groups in total. The third kappa shape index (κ3) is 3.31. The molecule has 1 aromatic rings. The van der Waals surface area contributed by atoms with Gasteiger partial charge in [-0.05, 0) is 25.3 Å². The Kier molecular flexibility index (Phi) is 4.75. The highest BCUT2D eigenvalue weighted by Crippen LogP contribution is 2.19. The molecule has 0 aliphatic carbocycles. The van der Waals surface area contributed by atoms with Gasteiger partial charge in [-0.2, -0.15) is 4.98 Å². The molecule has 0 aromatic carbocycles. The third-order valence-electron chi connectivity index (χ3n) is 4.53. The zero-order valence-corrected chi connectivity index (χ0v) is 13.4. The van der Waals surface area contributed by atoms with Crippen molar-refractivity contribution in [1.82, 2.24) is 14.9 Å². The van der Waals surface area contributed by atoms with Crippen LogP contribution in [0.3, 0.4) is 0 Å². The summed E-state index contributed by atoms with van der Waals surface area (Å²) in [5, 5.41) is 0. The third-order valence-corrected chi connectivity index (χ3v) is 4.53. The highest BCUT2D eigenvalue weighted by molar-refractivity contribution is 5.76. The summed E-state index contributed by atoms with van der Waals surface area (Å²) >= 11 is 0. The topological polar surface area (TPSA) is 52.6 Å². The van der Waals surface area contributed by atoms with Gasteiger partial charge in [-0.1, -0.05) is 6.92 Å². The van der Waals surface area contributed by atoms with E-state index in [9.17, 15) is 4.79 Å². The summed E-state index contributed by atoms with van der Waals surface area (Å²) in [4.78, 5) is 27.4.